The minimum Gasteiger partial charge on any atom is -0.481 e. The number of carbonyl (C=O) groups is 2. The Morgan fingerprint density at radius 3 is 2.33 bits per heavy atom. The minimum atomic E-state index is -1.13. The van der Waals surface area contributed by atoms with Crippen LogP contribution in [0.25, 0.3) is 0 Å². The number of nitrogens with one attached hydrogen (secondary N) is 1. The van der Waals surface area contributed by atoms with Gasteiger partial charge in [0.1, 0.15) is 6.04 Å². The maximum atomic E-state index is 10.6. The Balaban J connectivity index is 3.67. The second-order valence-electron chi connectivity index (χ2n) is 3.29. The van der Waals surface area contributed by atoms with E-state index in [0.29, 0.717) is 13.1 Å². The average molecular weight is 218 g/mol. The number of carboxylic acid groups (broad SMARTS) is 2. The van der Waals surface area contributed by atoms with Crippen molar-refractivity contribution in [3.8, 4) is 0 Å². The molecule has 88 valence electrons. The molecular formula is C9H18N2O4. The minimum absolute atomic E-state index is 0.397. The number of carboxylic acids is 2. The zero-order chi connectivity index (χ0) is 11.7. The molecule has 0 unspecified atom stereocenters. The zero-order valence-corrected chi connectivity index (χ0v) is 8.61. The van der Waals surface area contributed by atoms with Crippen LogP contribution in [0.1, 0.15) is 25.7 Å². The maximum Gasteiger partial charge on any atom is 0.321 e. The first-order valence-corrected chi connectivity index (χ1v) is 4.96. The van der Waals surface area contributed by atoms with E-state index in [9.17, 15) is 9.59 Å². The average Bonchev–Trinajstić information content (AvgIpc) is 2.15. The molecule has 5 N–H and O–H groups in total. The zero-order valence-electron chi connectivity index (χ0n) is 8.61. The van der Waals surface area contributed by atoms with E-state index in [0.717, 1.165) is 19.3 Å². The van der Waals surface area contributed by atoms with Gasteiger partial charge in [-0.2, -0.15) is 0 Å². The lowest BCUT2D eigenvalue weighted by atomic mass is 10.2. The molecule has 6 nitrogen and oxygen atoms in total. The van der Waals surface area contributed by atoms with Gasteiger partial charge in [-0.25, -0.2) is 0 Å². The van der Waals surface area contributed by atoms with Gasteiger partial charge in [0.15, 0.2) is 0 Å². The third-order valence-corrected chi connectivity index (χ3v) is 1.95. The first kappa shape index (κ1) is 13.9. The molecule has 0 saturated carbocycles. The predicted octanol–water partition coefficient (Wildman–Crippen LogP) is -0.367. The van der Waals surface area contributed by atoms with Crippen molar-refractivity contribution in [1.82, 2.24) is 5.32 Å². The van der Waals surface area contributed by atoms with E-state index >= 15 is 0 Å². The molecule has 6 heteroatoms. The Hall–Kier alpha value is -1.14. The highest BCUT2D eigenvalue weighted by atomic mass is 16.4. The van der Waals surface area contributed by atoms with Crippen molar-refractivity contribution in [1.29, 1.82) is 0 Å². The molecule has 0 aromatic rings. The van der Waals surface area contributed by atoms with Crippen molar-refractivity contribution in [2.45, 2.75) is 31.7 Å². The van der Waals surface area contributed by atoms with Crippen molar-refractivity contribution in [3.05, 3.63) is 0 Å². The normalized spacial score (nSPS) is 12.3. The van der Waals surface area contributed by atoms with Gasteiger partial charge >= 0.3 is 11.9 Å². The number of nitrogens with two attached hydrogens (primary N) is 1. The first-order valence-electron chi connectivity index (χ1n) is 4.96. The first-order chi connectivity index (χ1) is 7.07. The number of unbranched alkanes of at least 4 members (excludes halogenated alkanes) is 2. The molecule has 0 rings (SSSR count). The molecule has 0 fully saturated rings. The second-order valence-corrected chi connectivity index (χ2v) is 3.29. The van der Waals surface area contributed by atoms with Crippen molar-refractivity contribution < 1.29 is 19.8 Å². The van der Waals surface area contributed by atoms with Gasteiger partial charge in [-0.15, -0.1) is 0 Å². The molecule has 15 heavy (non-hydrogen) atoms. The standard InChI is InChI=1S/C9H18N2O4/c10-4-2-1-3-5-11-7(9(14)15)6-8(12)13/h7,11H,1-6,10H2,(H,12,13)(H,14,15)/t7-/m0/s1. The largest absolute Gasteiger partial charge is 0.481 e. The Kier molecular flexibility index (Phi) is 7.57. The van der Waals surface area contributed by atoms with Crippen LogP contribution in [-0.4, -0.2) is 41.3 Å². The Labute approximate surface area is 88.5 Å². The molecule has 0 heterocycles. The van der Waals surface area contributed by atoms with Gasteiger partial charge in [0.25, 0.3) is 0 Å². The van der Waals surface area contributed by atoms with E-state index in [2.05, 4.69) is 5.32 Å². The summed E-state index contributed by atoms with van der Waals surface area (Å²) >= 11 is 0. The lowest BCUT2D eigenvalue weighted by molar-refractivity contribution is -0.145. The van der Waals surface area contributed by atoms with Gasteiger partial charge in [-0.05, 0) is 25.9 Å². The van der Waals surface area contributed by atoms with E-state index in [4.69, 9.17) is 15.9 Å². The van der Waals surface area contributed by atoms with Gasteiger partial charge in [0.05, 0.1) is 6.42 Å². The van der Waals surface area contributed by atoms with Gasteiger partial charge in [-0.1, -0.05) is 6.42 Å². The van der Waals surface area contributed by atoms with E-state index in [-0.39, 0.29) is 0 Å². The molecule has 0 aromatic carbocycles. The SMILES string of the molecule is NCCCCCN[C@@H](CC(=O)O)C(=O)O. The quantitative estimate of drug-likeness (QED) is 0.393. The third kappa shape index (κ3) is 7.90. The van der Waals surface area contributed by atoms with Crippen LogP contribution in [0.15, 0.2) is 0 Å². The van der Waals surface area contributed by atoms with Crippen LogP contribution in [0.4, 0.5) is 0 Å². The molecule has 0 aliphatic rings. The van der Waals surface area contributed by atoms with Crippen molar-refractivity contribution in [3.63, 3.8) is 0 Å². The van der Waals surface area contributed by atoms with Crippen LogP contribution >= 0.6 is 0 Å². The van der Waals surface area contributed by atoms with Gasteiger partial charge in [0, 0.05) is 0 Å². The molecule has 0 amide bonds. The van der Waals surface area contributed by atoms with Gasteiger partial charge in [-0.3, -0.25) is 9.59 Å². The summed E-state index contributed by atoms with van der Waals surface area (Å²) in [5, 5.41) is 19.8. The highest BCUT2D eigenvalue weighted by Gasteiger charge is 2.19. The molecule has 0 bridgehead atoms. The number of rotatable bonds is 9. The van der Waals surface area contributed by atoms with Crippen molar-refractivity contribution in [2.75, 3.05) is 13.1 Å². The monoisotopic (exact) mass is 218 g/mol. The van der Waals surface area contributed by atoms with E-state index < -0.39 is 24.4 Å². The summed E-state index contributed by atoms with van der Waals surface area (Å²) in [7, 11) is 0. The lowest BCUT2D eigenvalue weighted by Gasteiger charge is -2.11. The van der Waals surface area contributed by atoms with Crippen LogP contribution in [0.3, 0.4) is 0 Å². The molecule has 0 radical (unpaired) electrons. The third-order valence-electron chi connectivity index (χ3n) is 1.95. The molecule has 0 aromatic heterocycles. The van der Waals surface area contributed by atoms with E-state index in [1.54, 1.807) is 0 Å². The number of aliphatic carboxylic acids is 2. The summed E-state index contributed by atoms with van der Waals surface area (Å²) in [4.78, 5) is 20.9. The smallest absolute Gasteiger partial charge is 0.321 e. The maximum absolute atomic E-state index is 10.6. The summed E-state index contributed by atoms with van der Waals surface area (Å²) in [6, 6.07) is -1.000. The van der Waals surface area contributed by atoms with Crippen molar-refractivity contribution in [2.24, 2.45) is 5.73 Å². The number of hydrogen-bond donors (Lipinski definition) is 4. The molecule has 0 spiro atoms. The molecule has 0 saturated heterocycles. The lowest BCUT2D eigenvalue weighted by Crippen LogP contribution is -2.39. The Bertz CT molecular complexity index is 208. The summed E-state index contributed by atoms with van der Waals surface area (Å²) in [5.41, 5.74) is 5.29. The number of hydrogen-bond acceptors (Lipinski definition) is 4. The van der Waals surface area contributed by atoms with Crippen LogP contribution < -0.4 is 11.1 Å². The highest BCUT2D eigenvalue weighted by Crippen LogP contribution is 1.96. The van der Waals surface area contributed by atoms with Crippen LogP contribution in [0.5, 0.6) is 0 Å². The van der Waals surface area contributed by atoms with Crippen molar-refractivity contribution >= 4 is 11.9 Å². The van der Waals surface area contributed by atoms with Crippen LogP contribution in [-0.2, 0) is 9.59 Å². The Morgan fingerprint density at radius 1 is 1.20 bits per heavy atom. The van der Waals surface area contributed by atoms with Gasteiger partial charge < -0.3 is 21.3 Å². The molecule has 0 aliphatic carbocycles. The predicted molar refractivity (Wildman–Crippen MR) is 54.6 cm³/mol. The van der Waals surface area contributed by atoms with E-state index in [1.165, 1.54) is 0 Å². The van der Waals surface area contributed by atoms with Crippen LogP contribution in [0.2, 0.25) is 0 Å². The van der Waals surface area contributed by atoms with Gasteiger partial charge in [0.2, 0.25) is 0 Å². The second kappa shape index (κ2) is 8.19. The summed E-state index contributed by atoms with van der Waals surface area (Å²) in [6.45, 7) is 1.13. The Morgan fingerprint density at radius 2 is 1.87 bits per heavy atom. The molecule has 1 atom stereocenters. The molecular weight excluding hydrogens is 200 g/mol. The fraction of sp³-hybridized carbons (Fsp3) is 0.778. The fourth-order valence-electron chi connectivity index (χ4n) is 1.14. The summed E-state index contributed by atoms with van der Waals surface area (Å²) in [6.07, 6.45) is 2.23. The fourth-order valence-corrected chi connectivity index (χ4v) is 1.14. The molecule has 0 aliphatic heterocycles. The summed E-state index contributed by atoms with van der Waals surface area (Å²) < 4.78 is 0. The summed E-state index contributed by atoms with van der Waals surface area (Å²) in [5.74, 6) is -2.24. The highest BCUT2D eigenvalue weighted by molar-refractivity contribution is 5.80. The van der Waals surface area contributed by atoms with Crippen LogP contribution in [0, 0.1) is 0 Å². The topological polar surface area (TPSA) is 113 Å². The van der Waals surface area contributed by atoms with E-state index in [1.807, 2.05) is 0 Å².